The van der Waals surface area contributed by atoms with Crippen LogP contribution in [-0.4, -0.2) is 51.6 Å². The van der Waals surface area contributed by atoms with E-state index in [0.29, 0.717) is 36.5 Å². The van der Waals surface area contributed by atoms with Crippen molar-refractivity contribution in [3.63, 3.8) is 0 Å². The summed E-state index contributed by atoms with van der Waals surface area (Å²) in [7, 11) is 4.55. The first kappa shape index (κ1) is 24.4. The number of nitrogens with zero attached hydrogens (tertiary/aromatic N) is 1. The first-order valence-corrected chi connectivity index (χ1v) is 10.6. The molecule has 1 aromatic carbocycles. The second-order valence-corrected chi connectivity index (χ2v) is 7.57. The summed E-state index contributed by atoms with van der Waals surface area (Å²) in [5.74, 6) is -0.448. The highest BCUT2D eigenvalue weighted by atomic mass is 16.5. The smallest absolute Gasteiger partial charge is 0.313 e. The topological polar surface area (TPSA) is 83.4 Å². The number of hydrogen-bond acceptors (Lipinski definition) is 7. The van der Waals surface area contributed by atoms with E-state index in [0.717, 1.165) is 5.56 Å². The number of hydrogen-bond donors (Lipinski definition) is 0. The van der Waals surface area contributed by atoms with Gasteiger partial charge in [-0.25, -0.2) is 0 Å². The van der Waals surface area contributed by atoms with E-state index in [1.165, 1.54) is 7.11 Å². The van der Waals surface area contributed by atoms with Gasteiger partial charge in [-0.1, -0.05) is 13.0 Å². The molecule has 170 valence electrons. The van der Waals surface area contributed by atoms with E-state index in [1.807, 2.05) is 38.1 Å². The number of carbonyl (C=O) groups excluding carboxylic acids is 2. The maximum absolute atomic E-state index is 13.1. The van der Waals surface area contributed by atoms with Crippen molar-refractivity contribution in [2.75, 3.05) is 27.9 Å². The fourth-order valence-corrected chi connectivity index (χ4v) is 4.20. The average molecular weight is 432 g/mol. The van der Waals surface area contributed by atoms with Crippen LogP contribution in [0.4, 0.5) is 0 Å². The lowest BCUT2D eigenvalue weighted by Gasteiger charge is -2.35. The zero-order chi connectivity index (χ0) is 23.0. The average Bonchev–Trinajstić information content (AvgIpc) is 3.22. The van der Waals surface area contributed by atoms with Crippen molar-refractivity contribution >= 4 is 18.2 Å². The molecular formula is C24H33NO6. The minimum atomic E-state index is -0.682. The van der Waals surface area contributed by atoms with Gasteiger partial charge in [-0.15, -0.1) is 0 Å². The molecule has 0 radical (unpaired) electrons. The summed E-state index contributed by atoms with van der Waals surface area (Å²) in [6, 6.07) is 3.71. The van der Waals surface area contributed by atoms with Crippen molar-refractivity contribution in [1.82, 2.24) is 0 Å². The third-order valence-electron chi connectivity index (χ3n) is 5.79. The summed E-state index contributed by atoms with van der Waals surface area (Å²) >= 11 is 0. The van der Waals surface area contributed by atoms with Crippen LogP contribution in [0.5, 0.6) is 11.5 Å². The number of ether oxygens (including phenoxy) is 4. The normalized spacial score (nSPS) is 19.0. The molecule has 2 rings (SSSR count). The van der Waals surface area contributed by atoms with E-state index >= 15 is 0 Å². The number of methoxy groups -OCH3 is 3. The molecule has 7 heteroatoms. The highest BCUT2D eigenvalue weighted by molar-refractivity contribution is 5.81. The molecule has 0 amide bonds. The van der Waals surface area contributed by atoms with Crippen LogP contribution in [0.15, 0.2) is 29.3 Å². The van der Waals surface area contributed by atoms with Crippen LogP contribution in [0.2, 0.25) is 0 Å². The summed E-state index contributed by atoms with van der Waals surface area (Å²) in [6.45, 7) is 6.05. The van der Waals surface area contributed by atoms with Crippen molar-refractivity contribution < 1.29 is 28.5 Å². The Bertz CT molecular complexity index is 807. The van der Waals surface area contributed by atoms with Crippen LogP contribution < -0.4 is 9.47 Å². The first-order valence-electron chi connectivity index (χ1n) is 10.6. The molecule has 0 spiro atoms. The van der Waals surface area contributed by atoms with E-state index in [4.69, 9.17) is 18.9 Å². The zero-order valence-electron chi connectivity index (χ0n) is 19.3. The Morgan fingerprint density at radius 1 is 1.10 bits per heavy atom. The molecule has 0 bridgehead atoms. The summed E-state index contributed by atoms with van der Waals surface area (Å²) in [6.07, 6.45) is 6.81. The maximum atomic E-state index is 13.1. The van der Waals surface area contributed by atoms with Crippen molar-refractivity contribution in [2.24, 2.45) is 10.9 Å². The van der Waals surface area contributed by atoms with Gasteiger partial charge in [0.05, 0.1) is 39.4 Å². The lowest BCUT2D eigenvalue weighted by atomic mass is 9.71. The molecule has 1 aliphatic rings. The number of benzene rings is 1. The summed E-state index contributed by atoms with van der Waals surface area (Å²) < 4.78 is 21.5. The SMILES string of the molecule is CCOC(=O)CCC(C(C(=O)OC)c1cc(OC)c(CC)c(OC)c1)C1(C)C=CC=N1. The van der Waals surface area contributed by atoms with E-state index in [-0.39, 0.29) is 18.3 Å². The second-order valence-electron chi connectivity index (χ2n) is 7.57. The van der Waals surface area contributed by atoms with Crippen LogP contribution in [0.3, 0.4) is 0 Å². The highest BCUT2D eigenvalue weighted by Gasteiger charge is 2.43. The molecular weight excluding hydrogens is 398 g/mol. The van der Waals surface area contributed by atoms with E-state index in [2.05, 4.69) is 4.99 Å². The Morgan fingerprint density at radius 2 is 1.74 bits per heavy atom. The van der Waals surface area contributed by atoms with Crippen molar-refractivity contribution in [3.8, 4) is 11.5 Å². The molecule has 0 aliphatic carbocycles. The molecule has 3 atom stereocenters. The Morgan fingerprint density at radius 3 is 2.19 bits per heavy atom. The third-order valence-corrected chi connectivity index (χ3v) is 5.79. The summed E-state index contributed by atoms with van der Waals surface area (Å²) in [5, 5.41) is 0. The molecule has 0 saturated heterocycles. The molecule has 1 aliphatic heterocycles. The van der Waals surface area contributed by atoms with Crippen molar-refractivity contribution in [1.29, 1.82) is 0 Å². The van der Waals surface area contributed by atoms with Crippen LogP contribution >= 0.6 is 0 Å². The quantitative estimate of drug-likeness (QED) is 0.495. The maximum Gasteiger partial charge on any atom is 0.313 e. The fraction of sp³-hybridized carbons (Fsp3) is 0.542. The highest BCUT2D eigenvalue weighted by Crippen LogP contribution is 2.44. The molecule has 1 aromatic rings. The minimum Gasteiger partial charge on any atom is -0.496 e. The fourth-order valence-electron chi connectivity index (χ4n) is 4.20. The van der Waals surface area contributed by atoms with Gasteiger partial charge in [0.15, 0.2) is 0 Å². The molecule has 1 heterocycles. The molecule has 3 unspecified atom stereocenters. The lowest BCUT2D eigenvalue weighted by Crippen LogP contribution is -2.38. The number of carbonyl (C=O) groups is 2. The predicted octanol–water partition coefficient (Wildman–Crippen LogP) is 3.88. The number of rotatable bonds is 11. The van der Waals surface area contributed by atoms with Gasteiger partial charge in [0, 0.05) is 24.1 Å². The van der Waals surface area contributed by atoms with Crippen LogP contribution in [0.25, 0.3) is 0 Å². The Balaban J connectivity index is 2.59. The third kappa shape index (κ3) is 5.46. The molecule has 0 aromatic heterocycles. The Labute approximate surface area is 184 Å². The lowest BCUT2D eigenvalue weighted by molar-refractivity contribution is -0.147. The monoisotopic (exact) mass is 431 g/mol. The minimum absolute atomic E-state index is 0.173. The molecule has 0 N–H and O–H groups in total. The Hall–Kier alpha value is -2.83. The van der Waals surface area contributed by atoms with E-state index in [9.17, 15) is 9.59 Å². The van der Waals surface area contributed by atoms with Gasteiger partial charge in [0.25, 0.3) is 0 Å². The molecule has 7 nitrogen and oxygen atoms in total. The van der Waals surface area contributed by atoms with E-state index in [1.54, 1.807) is 27.4 Å². The van der Waals surface area contributed by atoms with Gasteiger partial charge in [-0.2, -0.15) is 0 Å². The van der Waals surface area contributed by atoms with E-state index < -0.39 is 17.4 Å². The van der Waals surface area contributed by atoms with Gasteiger partial charge in [-0.05, 0) is 50.5 Å². The van der Waals surface area contributed by atoms with Gasteiger partial charge in [-0.3, -0.25) is 14.6 Å². The number of esters is 2. The van der Waals surface area contributed by atoms with Crippen molar-refractivity contribution in [3.05, 3.63) is 35.4 Å². The van der Waals surface area contributed by atoms with Crippen molar-refractivity contribution in [2.45, 2.75) is 51.5 Å². The number of allylic oxidation sites excluding steroid dienone is 1. The van der Waals surface area contributed by atoms with Crippen LogP contribution in [-0.2, 0) is 25.5 Å². The first-order chi connectivity index (χ1) is 14.8. The number of aliphatic imine (C=N–C) groups is 1. The molecule has 31 heavy (non-hydrogen) atoms. The largest absolute Gasteiger partial charge is 0.496 e. The zero-order valence-corrected chi connectivity index (χ0v) is 19.3. The van der Waals surface area contributed by atoms with Gasteiger partial charge in [0.2, 0.25) is 0 Å². The second kappa shape index (κ2) is 11.0. The van der Waals surface area contributed by atoms with Crippen LogP contribution in [0.1, 0.15) is 50.7 Å². The summed E-state index contributed by atoms with van der Waals surface area (Å²) in [4.78, 5) is 29.8. The van der Waals surface area contributed by atoms with Gasteiger partial charge >= 0.3 is 11.9 Å². The van der Waals surface area contributed by atoms with Gasteiger partial charge < -0.3 is 18.9 Å². The summed E-state index contributed by atoms with van der Waals surface area (Å²) in [5.41, 5.74) is 0.948. The Kier molecular flexibility index (Phi) is 8.65. The molecule has 0 fully saturated rings. The molecule has 0 saturated carbocycles. The predicted molar refractivity (Wildman–Crippen MR) is 119 cm³/mol. The van der Waals surface area contributed by atoms with Crippen LogP contribution in [0, 0.1) is 5.92 Å². The van der Waals surface area contributed by atoms with Gasteiger partial charge in [0.1, 0.15) is 11.5 Å². The standard InChI is InChI=1S/C24H33NO6/c1-7-17-19(28-4)14-16(15-20(17)29-5)22(23(27)30-6)18(10-11-21(26)31-8-2)24(3)12-9-13-25-24/h9,12-15,18,22H,7-8,10-11H2,1-6H3.